The molecule has 6 heteroatoms. The molecule has 30 heavy (non-hydrogen) atoms. The Bertz CT molecular complexity index is 541. The second-order valence-corrected chi connectivity index (χ2v) is 22.0. The summed E-state index contributed by atoms with van der Waals surface area (Å²) < 4.78 is 5.82. The Morgan fingerprint density at radius 3 is 1.80 bits per heavy atom. The molecule has 0 spiro atoms. The molecule has 0 bridgehead atoms. The van der Waals surface area contributed by atoms with E-state index < -0.39 is 24.3 Å². The molecule has 0 saturated carbocycles. The van der Waals surface area contributed by atoms with Crippen LogP contribution in [0, 0.1) is 0 Å². The Morgan fingerprint density at radius 2 is 1.30 bits per heavy atom. The number of carboxylic acids is 1. The molecule has 1 heterocycles. The molecule has 0 aliphatic rings. The third-order valence-electron chi connectivity index (χ3n) is 6.47. The van der Waals surface area contributed by atoms with Crippen LogP contribution < -0.4 is 3.71 Å². The molecular weight excluding hydrogens is 481 g/mol. The van der Waals surface area contributed by atoms with Gasteiger partial charge in [-0.25, -0.2) is 0 Å². The molecule has 5 nitrogen and oxygen atoms in total. The van der Waals surface area contributed by atoms with Crippen LogP contribution in [0.1, 0.15) is 116 Å². The predicted octanol–water partition coefficient (Wildman–Crippen LogP) is 6.61. The van der Waals surface area contributed by atoms with Crippen molar-refractivity contribution in [2.45, 2.75) is 130 Å². The quantitative estimate of drug-likeness (QED) is 0.148. The molecule has 0 aliphatic heterocycles. The summed E-state index contributed by atoms with van der Waals surface area (Å²) in [5.41, 5.74) is 1.37. The maximum absolute atomic E-state index is 10.5. The minimum atomic E-state index is -2.49. The molecular formula is C24H47N3O2Sn. The number of aromatic nitrogens is 3. The second-order valence-electron chi connectivity index (χ2n) is 9.10. The van der Waals surface area contributed by atoms with Gasteiger partial charge in [0.2, 0.25) is 0 Å². The predicted molar refractivity (Wildman–Crippen MR) is 129 cm³/mol. The summed E-state index contributed by atoms with van der Waals surface area (Å²) in [6, 6.07) is 0. The molecule has 0 radical (unpaired) electrons. The summed E-state index contributed by atoms with van der Waals surface area (Å²) in [4.78, 5) is 10.5. The number of nitrogens with zero attached hydrogens (tertiary/aromatic N) is 2. The van der Waals surface area contributed by atoms with Gasteiger partial charge in [-0.3, -0.25) is 4.79 Å². The van der Waals surface area contributed by atoms with Gasteiger partial charge < -0.3 is 5.11 Å². The van der Waals surface area contributed by atoms with Crippen LogP contribution >= 0.6 is 0 Å². The van der Waals surface area contributed by atoms with Crippen LogP contribution in [0.4, 0.5) is 0 Å². The van der Waals surface area contributed by atoms with Crippen LogP contribution in [0.5, 0.6) is 0 Å². The third kappa shape index (κ3) is 10.6. The summed E-state index contributed by atoms with van der Waals surface area (Å²) in [6.45, 7) is 6.96. The number of H-pyrrole nitrogens is 1. The number of hydrogen-bond acceptors (Lipinski definition) is 3. The molecule has 0 saturated heterocycles. The van der Waals surface area contributed by atoms with Crippen molar-refractivity contribution in [2.75, 3.05) is 0 Å². The molecule has 1 aromatic heterocycles. The Kier molecular flexibility index (Phi) is 15.6. The van der Waals surface area contributed by atoms with Gasteiger partial charge in [0, 0.05) is 0 Å². The fourth-order valence-corrected chi connectivity index (χ4v) is 20.7. The first-order valence-corrected chi connectivity index (χ1v) is 20.2. The second kappa shape index (κ2) is 17.0. The number of unbranched alkanes of at least 4 members (excludes halogenated alkanes) is 9. The first-order chi connectivity index (χ1) is 14.6. The van der Waals surface area contributed by atoms with Crippen molar-refractivity contribution in [3.05, 3.63) is 5.69 Å². The van der Waals surface area contributed by atoms with Crippen LogP contribution in [0.2, 0.25) is 13.3 Å². The molecule has 0 amide bonds. The fourth-order valence-electron chi connectivity index (χ4n) is 4.59. The van der Waals surface area contributed by atoms with E-state index in [2.05, 4.69) is 31.1 Å². The average molecular weight is 528 g/mol. The van der Waals surface area contributed by atoms with E-state index >= 15 is 0 Å². The van der Waals surface area contributed by atoms with Crippen LogP contribution in [-0.2, 0) is 11.2 Å². The number of nitrogens with one attached hydrogen (secondary N) is 1. The van der Waals surface area contributed by atoms with Crippen molar-refractivity contribution in [1.82, 2.24) is 15.4 Å². The molecule has 0 unspecified atom stereocenters. The topological polar surface area (TPSA) is 78.9 Å². The van der Waals surface area contributed by atoms with Crippen LogP contribution in [0.15, 0.2) is 0 Å². The molecule has 0 aromatic carbocycles. The zero-order chi connectivity index (χ0) is 22.1. The van der Waals surface area contributed by atoms with Crippen molar-refractivity contribution in [3.8, 4) is 0 Å². The van der Waals surface area contributed by atoms with Crippen molar-refractivity contribution in [3.63, 3.8) is 0 Å². The number of rotatable bonds is 20. The molecule has 0 atom stereocenters. The van der Waals surface area contributed by atoms with Crippen molar-refractivity contribution < 1.29 is 9.90 Å². The normalized spacial score (nSPS) is 11.8. The van der Waals surface area contributed by atoms with E-state index in [0.29, 0.717) is 6.42 Å². The average Bonchev–Trinajstić information content (AvgIpc) is 3.21. The number of aryl methyl sites for hydroxylation is 1. The van der Waals surface area contributed by atoms with Gasteiger partial charge in [0.1, 0.15) is 0 Å². The van der Waals surface area contributed by atoms with Crippen molar-refractivity contribution in [1.29, 1.82) is 0 Å². The summed E-state index contributed by atoms with van der Waals surface area (Å²) >= 11 is -2.49. The Balaban J connectivity index is 2.58. The Hall–Kier alpha value is -0.591. The number of carbonyl (C=O) groups is 1. The van der Waals surface area contributed by atoms with Crippen LogP contribution in [0.3, 0.4) is 0 Å². The molecule has 0 aliphatic carbocycles. The van der Waals surface area contributed by atoms with E-state index in [1.807, 2.05) is 0 Å². The summed E-state index contributed by atoms with van der Waals surface area (Å²) in [5.74, 6) is -0.669. The van der Waals surface area contributed by atoms with E-state index in [-0.39, 0.29) is 0 Å². The first kappa shape index (κ1) is 27.4. The van der Waals surface area contributed by atoms with E-state index in [9.17, 15) is 4.79 Å². The molecule has 1 rings (SSSR count). The minimum Gasteiger partial charge on any atom is -0.481 e. The number of aliphatic carboxylic acids is 1. The number of carboxylic acid groups (broad SMARTS) is 1. The standard InChI is InChI=1S/C12H20N3O2.3C4H9.Sn/c16-12(17)9-7-5-3-1-2-4-6-8-11-10-13-15-14-11;3*1-3-4-2;/h1-9H2,(H,16,17)(H,13,14,15);3*1,3-4H2,2H3;. The summed E-state index contributed by atoms with van der Waals surface area (Å²) in [5, 5.41) is 21.1. The smallest absolute Gasteiger partial charge is 0.481 e. The maximum atomic E-state index is 10.5. The van der Waals surface area contributed by atoms with Gasteiger partial charge in [0.05, 0.1) is 0 Å². The van der Waals surface area contributed by atoms with Gasteiger partial charge in [-0.1, -0.05) is 0 Å². The zero-order valence-electron chi connectivity index (χ0n) is 20.0. The van der Waals surface area contributed by atoms with Gasteiger partial charge in [-0.05, 0) is 0 Å². The van der Waals surface area contributed by atoms with Gasteiger partial charge in [-0.2, -0.15) is 0 Å². The first-order valence-electron chi connectivity index (χ1n) is 12.7. The molecule has 174 valence electrons. The van der Waals surface area contributed by atoms with Crippen LogP contribution in [-0.4, -0.2) is 44.9 Å². The fraction of sp³-hybridized carbons (Fsp3) is 0.875. The third-order valence-corrected chi connectivity index (χ3v) is 21.7. The van der Waals surface area contributed by atoms with Gasteiger partial charge in [-0.15, -0.1) is 0 Å². The van der Waals surface area contributed by atoms with Gasteiger partial charge in [0.15, 0.2) is 0 Å². The monoisotopic (exact) mass is 529 g/mol. The van der Waals surface area contributed by atoms with E-state index in [4.69, 9.17) is 10.2 Å². The zero-order valence-corrected chi connectivity index (χ0v) is 22.8. The van der Waals surface area contributed by atoms with Crippen LogP contribution in [0.25, 0.3) is 0 Å². The molecule has 2 N–H and O–H groups in total. The Morgan fingerprint density at radius 1 is 0.800 bits per heavy atom. The molecule has 0 fully saturated rings. The van der Waals surface area contributed by atoms with Crippen molar-refractivity contribution in [2.24, 2.45) is 0 Å². The van der Waals surface area contributed by atoms with E-state index in [0.717, 1.165) is 25.7 Å². The molecule has 1 aromatic rings. The number of hydrogen-bond donors (Lipinski definition) is 2. The van der Waals surface area contributed by atoms with E-state index in [1.165, 1.54) is 86.9 Å². The number of aromatic amines is 1. The van der Waals surface area contributed by atoms with Gasteiger partial charge >= 0.3 is 180 Å². The summed E-state index contributed by atoms with van der Waals surface area (Å²) in [7, 11) is 0. The van der Waals surface area contributed by atoms with Crippen molar-refractivity contribution >= 4 is 28.1 Å². The van der Waals surface area contributed by atoms with E-state index in [1.54, 1.807) is 0 Å². The SMILES string of the molecule is CCC[CH2][Sn]([CH2]CCC)([CH2]CCC)[c]1nn[nH]c1CCCCCCCCCC(=O)O. The minimum absolute atomic E-state index is 0.317. The Labute approximate surface area is 189 Å². The van der Waals surface area contributed by atoms with Gasteiger partial charge in [0.25, 0.3) is 0 Å². The summed E-state index contributed by atoms with van der Waals surface area (Å²) in [6.07, 6.45) is 17.3.